The first-order chi connectivity index (χ1) is 16.6. The van der Waals surface area contributed by atoms with Crippen molar-refractivity contribution in [1.29, 1.82) is 0 Å². The fourth-order valence-electron chi connectivity index (χ4n) is 10.0. The second-order valence-electron chi connectivity index (χ2n) is 13.9. The fourth-order valence-corrected chi connectivity index (χ4v) is 11.5. The van der Waals surface area contributed by atoms with Crippen LogP contribution in [0.4, 0.5) is 0 Å². The molecular formula is C30H47INO3+. The molecule has 4 aliphatic carbocycles. The number of furan rings is 1. The van der Waals surface area contributed by atoms with Gasteiger partial charge in [-0.25, -0.2) is 0 Å². The molecule has 1 saturated heterocycles. The van der Waals surface area contributed by atoms with E-state index in [9.17, 15) is 5.11 Å². The highest BCUT2D eigenvalue weighted by Crippen LogP contribution is 2.72. The van der Waals surface area contributed by atoms with E-state index in [1.807, 2.05) is 6.26 Å². The van der Waals surface area contributed by atoms with Gasteiger partial charge in [0.1, 0.15) is 6.54 Å². The maximum absolute atomic E-state index is 12.5. The zero-order chi connectivity index (χ0) is 24.5. The summed E-state index contributed by atoms with van der Waals surface area (Å²) in [5.74, 6) is 1.49. The minimum absolute atomic E-state index is 0.0331. The molecule has 0 aromatic carbocycles. The van der Waals surface area contributed by atoms with Crippen LogP contribution in [-0.4, -0.2) is 58.0 Å². The molecule has 5 fully saturated rings. The summed E-state index contributed by atoms with van der Waals surface area (Å²) in [5, 5.41) is 12.5. The minimum atomic E-state index is -0.541. The predicted molar refractivity (Wildman–Crippen MR) is 148 cm³/mol. The Hall–Kier alpha value is -0.110. The molecule has 0 spiro atoms. The Bertz CT molecular complexity index is 915. The highest BCUT2D eigenvalue weighted by Gasteiger charge is 2.69. The van der Waals surface area contributed by atoms with Crippen LogP contribution in [0.2, 0.25) is 0 Å². The third-order valence-electron chi connectivity index (χ3n) is 12.5. The average Bonchev–Trinajstić information content (AvgIpc) is 3.54. The van der Waals surface area contributed by atoms with Crippen LogP contribution in [0.15, 0.2) is 23.0 Å². The lowest BCUT2D eigenvalue weighted by Crippen LogP contribution is -2.65. The van der Waals surface area contributed by atoms with Crippen LogP contribution in [0.1, 0.15) is 96.0 Å². The molecule has 2 heterocycles. The third kappa shape index (κ3) is 3.75. The minimum Gasteiger partial charge on any atom is -0.472 e. The number of nitrogens with zero attached hydrogens (tertiary/aromatic N) is 1. The Balaban J connectivity index is 1.16. The van der Waals surface area contributed by atoms with Crippen molar-refractivity contribution in [2.75, 3.05) is 33.3 Å². The Morgan fingerprint density at radius 1 is 1.03 bits per heavy atom. The van der Waals surface area contributed by atoms with Crippen LogP contribution >= 0.6 is 22.6 Å². The van der Waals surface area contributed by atoms with Gasteiger partial charge in [-0.15, -0.1) is 0 Å². The van der Waals surface area contributed by atoms with Gasteiger partial charge in [-0.2, -0.15) is 0 Å². The largest absolute Gasteiger partial charge is 0.472 e. The number of alkyl halides is 1. The highest BCUT2D eigenvalue weighted by atomic mass is 127. The van der Waals surface area contributed by atoms with Crippen molar-refractivity contribution in [3.63, 3.8) is 0 Å². The summed E-state index contributed by atoms with van der Waals surface area (Å²) in [6.07, 6.45) is 17.4. The van der Waals surface area contributed by atoms with Crippen molar-refractivity contribution in [1.82, 2.24) is 0 Å². The van der Waals surface area contributed by atoms with E-state index < -0.39 is 5.60 Å². The van der Waals surface area contributed by atoms with Gasteiger partial charge in [0.2, 0.25) is 0 Å². The summed E-state index contributed by atoms with van der Waals surface area (Å²) in [4.78, 5) is 0. The smallest absolute Gasteiger partial charge is 0.102 e. The number of hydrogen-bond acceptors (Lipinski definition) is 3. The lowest BCUT2D eigenvalue weighted by molar-refractivity contribution is -0.898. The number of aliphatic hydroxyl groups is 1. The zero-order valence-electron chi connectivity index (χ0n) is 22.2. The number of likely N-dealkylation sites (tertiary alicyclic amines) is 1. The van der Waals surface area contributed by atoms with Crippen LogP contribution in [0.3, 0.4) is 0 Å². The van der Waals surface area contributed by atoms with E-state index >= 15 is 0 Å². The Kier molecular flexibility index (Phi) is 6.26. The molecule has 8 atom stereocenters. The van der Waals surface area contributed by atoms with Gasteiger partial charge < -0.3 is 18.7 Å². The van der Waals surface area contributed by atoms with Gasteiger partial charge in [0.15, 0.2) is 0 Å². The van der Waals surface area contributed by atoms with Gasteiger partial charge >= 0.3 is 0 Å². The van der Waals surface area contributed by atoms with Gasteiger partial charge in [-0.05, 0) is 92.6 Å². The molecule has 1 aliphatic heterocycles. The number of fused-ring (bicyclic) bond motifs is 5. The maximum atomic E-state index is 12.5. The van der Waals surface area contributed by atoms with Crippen molar-refractivity contribution < 1.29 is 18.7 Å². The molecule has 196 valence electrons. The van der Waals surface area contributed by atoms with E-state index in [1.165, 1.54) is 81.0 Å². The molecule has 5 heteroatoms. The van der Waals surface area contributed by atoms with E-state index in [-0.39, 0.29) is 5.41 Å². The second kappa shape index (κ2) is 8.71. The molecule has 1 aromatic rings. The first kappa shape index (κ1) is 25.2. The maximum Gasteiger partial charge on any atom is 0.102 e. The lowest BCUT2D eigenvalue weighted by Gasteiger charge is -2.66. The summed E-state index contributed by atoms with van der Waals surface area (Å²) in [6.45, 7) is 9.75. The van der Waals surface area contributed by atoms with Gasteiger partial charge in [-0.3, -0.25) is 0 Å². The zero-order valence-corrected chi connectivity index (χ0v) is 24.4. The average molecular weight is 597 g/mol. The summed E-state index contributed by atoms with van der Waals surface area (Å²) in [5.41, 5.74) is 1.03. The van der Waals surface area contributed by atoms with Crippen molar-refractivity contribution in [2.24, 2.45) is 22.7 Å². The monoisotopic (exact) mass is 596 g/mol. The van der Waals surface area contributed by atoms with Crippen molar-refractivity contribution in [3.05, 3.63) is 24.2 Å². The lowest BCUT2D eigenvalue weighted by atomic mass is 9.43. The molecule has 1 N–H and O–H groups in total. The molecular weight excluding hydrogens is 549 g/mol. The van der Waals surface area contributed by atoms with Crippen LogP contribution < -0.4 is 0 Å². The van der Waals surface area contributed by atoms with E-state index in [0.29, 0.717) is 32.7 Å². The quantitative estimate of drug-likeness (QED) is 0.234. The SMILES string of the molecule is C[C@]12CCC(OCC[N+]3(C)CCCC3)CC1(I)CC[C@@H]1[C@H]2CC[C@]2(C)C(c3ccoc3)CC[C@@]12O. The van der Waals surface area contributed by atoms with Crippen molar-refractivity contribution in [2.45, 2.75) is 106 Å². The molecule has 1 aromatic heterocycles. The Morgan fingerprint density at radius 3 is 2.51 bits per heavy atom. The van der Waals surface area contributed by atoms with Crippen LogP contribution in [0.25, 0.3) is 0 Å². The predicted octanol–water partition coefficient (Wildman–Crippen LogP) is 6.70. The molecule has 4 nitrogen and oxygen atoms in total. The van der Waals surface area contributed by atoms with E-state index in [0.717, 1.165) is 25.9 Å². The van der Waals surface area contributed by atoms with E-state index in [2.05, 4.69) is 49.6 Å². The number of likely N-dealkylation sites (N-methyl/N-ethyl adjacent to an activating group) is 1. The summed E-state index contributed by atoms with van der Waals surface area (Å²) >= 11 is 2.86. The van der Waals surface area contributed by atoms with Crippen LogP contribution in [0.5, 0.6) is 0 Å². The summed E-state index contributed by atoms with van der Waals surface area (Å²) in [6, 6.07) is 2.14. The van der Waals surface area contributed by atoms with E-state index in [1.54, 1.807) is 6.26 Å². The molecule has 0 amide bonds. The summed E-state index contributed by atoms with van der Waals surface area (Å²) in [7, 11) is 2.41. The molecule has 5 aliphatic rings. The van der Waals surface area contributed by atoms with E-state index in [4.69, 9.17) is 9.15 Å². The number of rotatable bonds is 5. The Labute approximate surface area is 226 Å². The fraction of sp³-hybridized carbons (Fsp3) is 0.867. The highest BCUT2D eigenvalue weighted by molar-refractivity contribution is 14.1. The number of ether oxygens (including phenoxy) is 1. The first-order valence-electron chi connectivity index (χ1n) is 14.5. The second-order valence-corrected chi connectivity index (χ2v) is 16.0. The standard InChI is InChI=1S/C30H47INO3/c1-27-11-6-23(35-19-17-32(3)15-4-5-16-32)20-29(27,31)13-8-26-25(27)7-12-28(2)24(9-14-30(26,28)33)22-10-18-34-21-22/h10,18,21,23-26,33H,4-9,11-17,19-20H2,1-3H3/q+1/t23?,24?,25-,26-,27-,28-,29?,30-/m1/s1. The molecule has 6 rings (SSSR count). The van der Waals surface area contributed by atoms with Crippen LogP contribution in [0, 0.1) is 22.7 Å². The third-order valence-corrected chi connectivity index (χ3v) is 14.7. The normalized spacial score (nSPS) is 48.8. The molecule has 0 radical (unpaired) electrons. The Morgan fingerprint density at radius 2 is 1.77 bits per heavy atom. The molecule has 0 bridgehead atoms. The van der Waals surface area contributed by atoms with Crippen molar-refractivity contribution in [3.8, 4) is 0 Å². The molecule has 4 saturated carbocycles. The first-order valence-corrected chi connectivity index (χ1v) is 15.6. The summed E-state index contributed by atoms with van der Waals surface area (Å²) < 4.78 is 13.6. The number of hydrogen-bond donors (Lipinski definition) is 1. The molecule has 3 unspecified atom stereocenters. The van der Waals surface area contributed by atoms with Gasteiger partial charge in [0.05, 0.1) is 51.0 Å². The van der Waals surface area contributed by atoms with Gasteiger partial charge in [0.25, 0.3) is 0 Å². The number of quaternary nitrogens is 1. The number of halogens is 1. The van der Waals surface area contributed by atoms with Gasteiger partial charge in [0, 0.05) is 21.7 Å². The topological polar surface area (TPSA) is 42.6 Å². The van der Waals surface area contributed by atoms with Gasteiger partial charge in [-0.1, -0.05) is 36.4 Å². The van der Waals surface area contributed by atoms with Crippen LogP contribution in [-0.2, 0) is 4.74 Å². The van der Waals surface area contributed by atoms with Crippen molar-refractivity contribution >= 4 is 22.6 Å². The molecule has 35 heavy (non-hydrogen) atoms.